The SMILES string of the molecule is Cc1ccc2c(c1)OC(CC(=O)O)C(=O)N2Cc1nc2c(Cl)cc(Cl)cc2s1. The minimum absolute atomic E-state index is 0.182. The van der Waals surface area contributed by atoms with Gasteiger partial charge < -0.3 is 9.84 Å². The predicted octanol–water partition coefficient (Wildman–Crippen LogP) is 4.68. The van der Waals surface area contributed by atoms with E-state index in [4.69, 9.17) is 33.0 Å². The number of amides is 1. The molecule has 6 nitrogen and oxygen atoms in total. The Labute approximate surface area is 174 Å². The molecule has 4 rings (SSSR count). The number of fused-ring (bicyclic) bond motifs is 2. The molecule has 1 aliphatic rings. The number of nitrogens with zero attached hydrogens (tertiary/aromatic N) is 2. The number of hydrogen-bond acceptors (Lipinski definition) is 5. The summed E-state index contributed by atoms with van der Waals surface area (Å²) >= 11 is 13.7. The predicted molar refractivity (Wildman–Crippen MR) is 109 cm³/mol. The fraction of sp³-hybridized carbons (Fsp3) is 0.211. The van der Waals surface area contributed by atoms with E-state index in [1.807, 2.05) is 13.0 Å². The van der Waals surface area contributed by atoms with Crippen LogP contribution in [-0.4, -0.2) is 28.1 Å². The van der Waals surface area contributed by atoms with Gasteiger partial charge in [-0.25, -0.2) is 4.98 Å². The second-order valence-electron chi connectivity index (χ2n) is 6.44. The van der Waals surface area contributed by atoms with E-state index in [0.29, 0.717) is 32.0 Å². The number of ether oxygens (including phenoxy) is 1. The third-order valence-electron chi connectivity index (χ3n) is 4.33. The van der Waals surface area contributed by atoms with Crippen LogP contribution < -0.4 is 9.64 Å². The highest BCUT2D eigenvalue weighted by Crippen LogP contribution is 2.38. The summed E-state index contributed by atoms with van der Waals surface area (Å²) in [5.41, 5.74) is 2.15. The van der Waals surface area contributed by atoms with Gasteiger partial charge in [0.15, 0.2) is 6.10 Å². The van der Waals surface area contributed by atoms with Crippen LogP contribution in [-0.2, 0) is 16.1 Å². The number of carboxylic acid groups (broad SMARTS) is 1. The number of aliphatic carboxylic acids is 1. The fourth-order valence-electron chi connectivity index (χ4n) is 3.09. The van der Waals surface area contributed by atoms with Crippen LogP contribution in [0.4, 0.5) is 5.69 Å². The van der Waals surface area contributed by atoms with Crippen molar-refractivity contribution in [2.75, 3.05) is 4.90 Å². The Balaban J connectivity index is 1.74. The molecular weight excluding hydrogens is 423 g/mol. The molecule has 1 atom stereocenters. The van der Waals surface area contributed by atoms with Gasteiger partial charge in [0.25, 0.3) is 5.91 Å². The van der Waals surface area contributed by atoms with Crippen LogP contribution in [0.2, 0.25) is 10.0 Å². The van der Waals surface area contributed by atoms with Crippen LogP contribution in [0.15, 0.2) is 30.3 Å². The number of halogens is 2. The van der Waals surface area contributed by atoms with Crippen molar-refractivity contribution in [1.82, 2.24) is 4.98 Å². The van der Waals surface area contributed by atoms with Crippen molar-refractivity contribution >= 4 is 62.3 Å². The molecule has 0 radical (unpaired) electrons. The quantitative estimate of drug-likeness (QED) is 0.641. The van der Waals surface area contributed by atoms with Gasteiger partial charge in [0.1, 0.15) is 16.3 Å². The minimum atomic E-state index is -1.10. The zero-order chi connectivity index (χ0) is 20.0. The molecular formula is C19H14Cl2N2O4S. The highest BCUT2D eigenvalue weighted by Gasteiger charge is 2.36. The van der Waals surface area contributed by atoms with E-state index < -0.39 is 24.4 Å². The average Bonchev–Trinajstić information content (AvgIpc) is 3.01. The molecule has 1 unspecified atom stereocenters. The summed E-state index contributed by atoms with van der Waals surface area (Å²) in [6, 6.07) is 8.84. The lowest BCUT2D eigenvalue weighted by Gasteiger charge is -2.33. The number of benzene rings is 2. The second-order valence-corrected chi connectivity index (χ2v) is 8.40. The molecule has 0 aliphatic carbocycles. The summed E-state index contributed by atoms with van der Waals surface area (Å²) in [5, 5.41) is 10.7. The Bertz CT molecular complexity index is 1110. The summed E-state index contributed by atoms with van der Waals surface area (Å²) in [5.74, 6) is -1.04. The third kappa shape index (κ3) is 3.53. The number of aromatic nitrogens is 1. The summed E-state index contributed by atoms with van der Waals surface area (Å²) in [4.78, 5) is 30.1. The van der Waals surface area contributed by atoms with E-state index in [1.54, 1.807) is 24.3 Å². The lowest BCUT2D eigenvalue weighted by Crippen LogP contribution is -2.46. The van der Waals surface area contributed by atoms with Crippen LogP contribution in [0.3, 0.4) is 0 Å². The number of thiazole rings is 1. The molecule has 28 heavy (non-hydrogen) atoms. The first-order valence-electron chi connectivity index (χ1n) is 8.37. The zero-order valence-corrected chi connectivity index (χ0v) is 16.9. The first kappa shape index (κ1) is 19.0. The van der Waals surface area contributed by atoms with E-state index in [0.717, 1.165) is 10.3 Å². The van der Waals surface area contributed by atoms with Crippen LogP contribution in [0, 0.1) is 6.92 Å². The molecule has 2 heterocycles. The van der Waals surface area contributed by atoms with Gasteiger partial charge in [0.05, 0.1) is 28.4 Å². The van der Waals surface area contributed by atoms with Crippen LogP contribution in [0.5, 0.6) is 5.75 Å². The molecule has 3 aromatic rings. The molecule has 144 valence electrons. The molecule has 1 amide bonds. The highest BCUT2D eigenvalue weighted by molar-refractivity contribution is 7.18. The molecule has 2 aromatic carbocycles. The fourth-order valence-corrected chi connectivity index (χ4v) is 4.77. The smallest absolute Gasteiger partial charge is 0.307 e. The molecule has 1 aliphatic heterocycles. The summed E-state index contributed by atoms with van der Waals surface area (Å²) in [6.45, 7) is 2.08. The Morgan fingerprint density at radius 3 is 2.86 bits per heavy atom. The standard InChI is InChI=1S/C19H14Cl2N2O4S/c1-9-2-3-12-13(4-9)27-14(7-17(24)25)19(26)23(12)8-16-22-18-11(21)5-10(20)6-15(18)28-16/h2-6,14H,7-8H2,1H3,(H,24,25). The van der Waals surface area contributed by atoms with Crippen LogP contribution >= 0.6 is 34.5 Å². The molecule has 0 saturated heterocycles. The highest BCUT2D eigenvalue weighted by atomic mass is 35.5. The lowest BCUT2D eigenvalue weighted by atomic mass is 10.1. The van der Waals surface area contributed by atoms with Gasteiger partial charge >= 0.3 is 5.97 Å². The molecule has 1 aromatic heterocycles. The Kier molecular flexibility index (Phi) is 4.91. The number of carbonyl (C=O) groups excluding carboxylic acids is 1. The summed E-state index contributed by atoms with van der Waals surface area (Å²) < 4.78 is 6.49. The van der Waals surface area contributed by atoms with Gasteiger partial charge in [0, 0.05) is 5.02 Å². The number of hydrogen-bond donors (Lipinski definition) is 1. The molecule has 0 fully saturated rings. The maximum atomic E-state index is 12.9. The van der Waals surface area contributed by atoms with E-state index in [2.05, 4.69) is 4.98 Å². The molecule has 1 N–H and O–H groups in total. The topological polar surface area (TPSA) is 79.7 Å². The average molecular weight is 437 g/mol. The van der Waals surface area contributed by atoms with Crippen molar-refractivity contribution < 1.29 is 19.4 Å². The van der Waals surface area contributed by atoms with Gasteiger partial charge in [-0.15, -0.1) is 11.3 Å². The monoisotopic (exact) mass is 436 g/mol. The van der Waals surface area contributed by atoms with E-state index in [-0.39, 0.29) is 6.54 Å². The maximum absolute atomic E-state index is 12.9. The van der Waals surface area contributed by atoms with Crippen molar-refractivity contribution in [1.29, 1.82) is 0 Å². The number of anilines is 1. The number of carbonyl (C=O) groups is 2. The van der Waals surface area contributed by atoms with E-state index in [1.165, 1.54) is 16.2 Å². The maximum Gasteiger partial charge on any atom is 0.307 e. The van der Waals surface area contributed by atoms with Crippen molar-refractivity contribution in [2.24, 2.45) is 0 Å². The van der Waals surface area contributed by atoms with Gasteiger partial charge in [-0.3, -0.25) is 14.5 Å². The Morgan fingerprint density at radius 1 is 1.32 bits per heavy atom. The third-order valence-corrected chi connectivity index (χ3v) is 5.82. The van der Waals surface area contributed by atoms with Crippen LogP contribution in [0.25, 0.3) is 10.2 Å². The molecule has 0 bridgehead atoms. The largest absolute Gasteiger partial charge is 0.481 e. The Morgan fingerprint density at radius 2 is 2.11 bits per heavy atom. The number of aryl methyl sites for hydroxylation is 1. The molecule has 0 spiro atoms. The van der Waals surface area contributed by atoms with Gasteiger partial charge in [-0.2, -0.15) is 0 Å². The van der Waals surface area contributed by atoms with Gasteiger partial charge in [0.2, 0.25) is 0 Å². The minimum Gasteiger partial charge on any atom is -0.481 e. The Hall–Kier alpha value is -2.35. The van der Waals surface area contributed by atoms with Gasteiger partial charge in [-0.1, -0.05) is 29.3 Å². The first-order valence-corrected chi connectivity index (χ1v) is 9.94. The normalized spacial score (nSPS) is 16.2. The zero-order valence-electron chi connectivity index (χ0n) is 14.6. The van der Waals surface area contributed by atoms with Crippen molar-refractivity contribution in [3.63, 3.8) is 0 Å². The van der Waals surface area contributed by atoms with E-state index in [9.17, 15) is 9.59 Å². The molecule has 0 saturated carbocycles. The molecule has 9 heteroatoms. The number of carboxylic acids is 1. The number of rotatable bonds is 4. The summed E-state index contributed by atoms with van der Waals surface area (Å²) in [7, 11) is 0. The van der Waals surface area contributed by atoms with Crippen LogP contribution in [0.1, 0.15) is 17.0 Å². The lowest BCUT2D eigenvalue weighted by molar-refractivity contribution is -0.142. The van der Waals surface area contributed by atoms with Crippen molar-refractivity contribution in [3.05, 3.63) is 50.9 Å². The van der Waals surface area contributed by atoms with Gasteiger partial charge in [-0.05, 0) is 36.8 Å². The summed E-state index contributed by atoms with van der Waals surface area (Å²) in [6.07, 6.45) is -1.50. The second kappa shape index (κ2) is 7.24. The van der Waals surface area contributed by atoms with E-state index >= 15 is 0 Å². The van der Waals surface area contributed by atoms with Crippen molar-refractivity contribution in [2.45, 2.75) is 26.0 Å². The first-order chi connectivity index (χ1) is 13.3. The van der Waals surface area contributed by atoms with Crippen molar-refractivity contribution in [3.8, 4) is 5.75 Å².